The molecule has 12 heteroatoms. The molecule has 5 rings (SSSR count). The molecular weight excluding hydrogens is 594 g/mol. The Morgan fingerprint density at radius 3 is 2.47 bits per heavy atom. The van der Waals surface area contributed by atoms with Gasteiger partial charge in [0.25, 0.3) is 5.91 Å². The summed E-state index contributed by atoms with van der Waals surface area (Å²) in [6, 6.07) is 13.0. The number of carbonyl (C=O) groups excluding carboxylic acids is 2. The van der Waals surface area contributed by atoms with Gasteiger partial charge >= 0.3 is 6.03 Å². The SMILES string of the molecule is CCC(CC)c1nnc2ccc(O[C@@H]3CC[C@H](NC(=O)Nc4cc(C(C)(C)C)nc(C(=O)NCCN(C)C)n4)c4ccccc43)cn12. The quantitative estimate of drug-likeness (QED) is 0.187. The average Bonchev–Trinajstić information content (AvgIpc) is 3.45. The molecule has 0 spiro atoms. The monoisotopic (exact) mass is 641 g/mol. The molecule has 0 saturated heterocycles. The van der Waals surface area contributed by atoms with Crippen LogP contribution in [0.3, 0.4) is 0 Å². The second-order valence-electron chi connectivity index (χ2n) is 13.4. The number of benzene rings is 1. The fourth-order valence-electron chi connectivity index (χ4n) is 5.86. The third kappa shape index (κ3) is 8.05. The molecule has 0 aliphatic heterocycles. The number of ether oxygens (including phenoxy) is 1. The molecule has 0 bridgehead atoms. The van der Waals surface area contributed by atoms with Crippen molar-refractivity contribution < 1.29 is 14.3 Å². The van der Waals surface area contributed by atoms with Gasteiger partial charge < -0.3 is 20.3 Å². The van der Waals surface area contributed by atoms with E-state index < -0.39 is 6.03 Å². The third-order valence-corrected chi connectivity index (χ3v) is 8.56. The summed E-state index contributed by atoms with van der Waals surface area (Å²) in [6.45, 7) is 11.5. The van der Waals surface area contributed by atoms with E-state index in [1.165, 1.54) is 0 Å². The largest absolute Gasteiger partial charge is 0.484 e. The molecule has 1 aliphatic carbocycles. The zero-order valence-corrected chi connectivity index (χ0v) is 28.5. The number of nitrogens with one attached hydrogen (secondary N) is 3. The topological polar surface area (TPSA) is 139 Å². The molecular formula is C35H47N9O3. The predicted molar refractivity (Wildman–Crippen MR) is 182 cm³/mol. The first kappa shape index (κ1) is 33.8. The van der Waals surface area contributed by atoms with Gasteiger partial charge in [-0.25, -0.2) is 14.8 Å². The summed E-state index contributed by atoms with van der Waals surface area (Å²) in [5.41, 5.74) is 3.12. The van der Waals surface area contributed by atoms with Crippen LogP contribution in [0, 0.1) is 0 Å². The fraction of sp³-hybridized carbons (Fsp3) is 0.486. The molecule has 1 aliphatic rings. The lowest BCUT2D eigenvalue weighted by atomic mass is 9.85. The molecule has 2 atom stereocenters. The number of hydrogen-bond donors (Lipinski definition) is 3. The molecule has 3 heterocycles. The normalized spacial score (nSPS) is 16.3. The molecule has 12 nitrogen and oxygen atoms in total. The summed E-state index contributed by atoms with van der Waals surface area (Å²) in [4.78, 5) is 37.1. The van der Waals surface area contributed by atoms with Gasteiger partial charge in [-0.05, 0) is 63.0 Å². The van der Waals surface area contributed by atoms with Crippen LogP contribution in [0.25, 0.3) is 5.65 Å². The fourth-order valence-corrected chi connectivity index (χ4v) is 5.86. The minimum absolute atomic E-state index is 0.0196. The first-order valence-corrected chi connectivity index (χ1v) is 16.5. The molecule has 3 N–H and O–H groups in total. The van der Waals surface area contributed by atoms with Gasteiger partial charge in [-0.1, -0.05) is 58.9 Å². The average molecular weight is 642 g/mol. The summed E-state index contributed by atoms with van der Waals surface area (Å²) in [7, 11) is 3.87. The van der Waals surface area contributed by atoms with Gasteiger partial charge in [0.2, 0.25) is 5.82 Å². The Balaban J connectivity index is 1.30. The summed E-state index contributed by atoms with van der Waals surface area (Å²) in [6.07, 6.45) is 5.17. The number of anilines is 1. The van der Waals surface area contributed by atoms with E-state index in [9.17, 15) is 9.59 Å². The van der Waals surface area contributed by atoms with Crippen molar-refractivity contribution >= 4 is 23.4 Å². The number of pyridine rings is 1. The number of rotatable bonds is 11. The van der Waals surface area contributed by atoms with Crippen LogP contribution in [0.2, 0.25) is 0 Å². The zero-order chi connectivity index (χ0) is 33.7. The Bertz CT molecular complexity index is 1710. The second-order valence-corrected chi connectivity index (χ2v) is 13.4. The highest BCUT2D eigenvalue weighted by Crippen LogP contribution is 2.39. The maximum atomic E-state index is 13.4. The highest BCUT2D eigenvalue weighted by molar-refractivity contribution is 5.92. The Labute approximate surface area is 276 Å². The van der Waals surface area contributed by atoms with Crippen molar-refractivity contribution in [3.8, 4) is 5.75 Å². The van der Waals surface area contributed by atoms with Crippen LogP contribution >= 0.6 is 0 Å². The van der Waals surface area contributed by atoms with Crippen LogP contribution in [0.15, 0.2) is 48.7 Å². The van der Waals surface area contributed by atoms with E-state index in [1.807, 2.05) is 80.7 Å². The molecule has 0 unspecified atom stereocenters. The van der Waals surface area contributed by atoms with Crippen LogP contribution in [0.5, 0.6) is 5.75 Å². The minimum Gasteiger partial charge on any atom is -0.484 e. The van der Waals surface area contributed by atoms with Crippen molar-refractivity contribution in [1.29, 1.82) is 0 Å². The molecule has 0 fully saturated rings. The van der Waals surface area contributed by atoms with E-state index >= 15 is 0 Å². The summed E-state index contributed by atoms with van der Waals surface area (Å²) >= 11 is 0. The first-order chi connectivity index (χ1) is 22.5. The molecule has 47 heavy (non-hydrogen) atoms. The van der Waals surface area contributed by atoms with Crippen molar-refractivity contribution in [2.24, 2.45) is 0 Å². The van der Waals surface area contributed by atoms with Crippen molar-refractivity contribution in [1.82, 2.24) is 40.1 Å². The van der Waals surface area contributed by atoms with Crippen LogP contribution in [-0.4, -0.2) is 68.6 Å². The lowest BCUT2D eigenvalue weighted by Crippen LogP contribution is -2.36. The first-order valence-electron chi connectivity index (χ1n) is 16.5. The molecule has 250 valence electrons. The maximum Gasteiger partial charge on any atom is 0.320 e. The van der Waals surface area contributed by atoms with Crippen molar-refractivity contribution in [2.75, 3.05) is 32.5 Å². The number of urea groups is 1. The van der Waals surface area contributed by atoms with Gasteiger partial charge in [0.1, 0.15) is 23.5 Å². The van der Waals surface area contributed by atoms with Gasteiger partial charge in [0.05, 0.1) is 17.9 Å². The maximum absolute atomic E-state index is 13.4. The Kier molecular flexibility index (Phi) is 10.4. The molecule has 4 aromatic rings. The minimum atomic E-state index is -0.409. The number of hydrogen-bond acceptors (Lipinski definition) is 8. The Hall–Kier alpha value is -4.58. The number of aromatic nitrogens is 5. The Morgan fingerprint density at radius 2 is 1.77 bits per heavy atom. The molecule has 1 aromatic carbocycles. The van der Waals surface area contributed by atoms with E-state index in [0.29, 0.717) is 37.5 Å². The van der Waals surface area contributed by atoms with Crippen LogP contribution < -0.4 is 20.7 Å². The molecule has 3 amide bonds. The number of likely N-dealkylation sites (N-methyl/N-ethyl adjacent to an activating group) is 1. The Morgan fingerprint density at radius 1 is 1.02 bits per heavy atom. The van der Waals surface area contributed by atoms with Gasteiger partial charge in [-0.15, -0.1) is 10.2 Å². The van der Waals surface area contributed by atoms with Crippen molar-refractivity contribution in [3.63, 3.8) is 0 Å². The van der Waals surface area contributed by atoms with Gasteiger partial charge in [0.15, 0.2) is 5.65 Å². The molecule has 0 saturated carbocycles. The van der Waals surface area contributed by atoms with Crippen LogP contribution in [0.1, 0.15) is 112 Å². The summed E-state index contributed by atoms with van der Waals surface area (Å²) in [5.74, 6) is 1.92. The number of carbonyl (C=O) groups is 2. The highest BCUT2D eigenvalue weighted by atomic mass is 16.5. The van der Waals surface area contributed by atoms with Gasteiger partial charge in [-0.2, -0.15) is 0 Å². The van der Waals surface area contributed by atoms with E-state index in [4.69, 9.17) is 4.74 Å². The standard InChI is InChI=1S/C35H47N9O3/c1-8-22(9-2)32-42-41-30-17-14-23(21-44(30)32)47-27-16-15-26(24-12-10-11-13-25(24)27)37-34(46)40-29-20-28(35(3,4)5)38-31(39-29)33(45)36-18-19-43(6)7/h10-14,17,20-22,26-27H,8-9,15-16,18-19H2,1-7H3,(H,36,45)(H2,37,38,39,40,46)/t26-,27+/m0/s1. The van der Waals surface area contributed by atoms with Crippen LogP contribution in [-0.2, 0) is 5.41 Å². The van der Waals surface area contributed by atoms with E-state index in [-0.39, 0.29) is 35.1 Å². The number of nitrogens with zero attached hydrogens (tertiary/aromatic N) is 6. The smallest absolute Gasteiger partial charge is 0.320 e. The number of fused-ring (bicyclic) bond motifs is 2. The van der Waals surface area contributed by atoms with Gasteiger partial charge in [-0.3, -0.25) is 14.5 Å². The predicted octanol–water partition coefficient (Wildman–Crippen LogP) is 5.79. The highest BCUT2D eigenvalue weighted by Gasteiger charge is 2.30. The third-order valence-electron chi connectivity index (χ3n) is 8.56. The summed E-state index contributed by atoms with van der Waals surface area (Å²) < 4.78 is 8.60. The van der Waals surface area contributed by atoms with Gasteiger partial charge in [0, 0.05) is 30.5 Å². The molecule has 0 radical (unpaired) electrons. The van der Waals surface area contributed by atoms with E-state index in [0.717, 1.165) is 41.2 Å². The van der Waals surface area contributed by atoms with Crippen molar-refractivity contribution in [3.05, 3.63) is 77.1 Å². The second kappa shape index (κ2) is 14.5. The van der Waals surface area contributed by atoms with Crippen molar-refractivity contribution in [2.45, 2.75) is 83.8 Å². The lowest BCUT2D eigenvalue weighted by molar-refractivity contribution is 0.0940. The summed E-state index contributed by atoms with van der Waals surface area (Å²) in [5, 5.41) is 17.6. The van der Waals surface area contributed by atoms with Crippen LogP contribution in [0.4, 0.5) is 10.6 Å². The lowest BCUT2D eigenvalue weighted by Gasteiger charge is -2.32. The van der Waals surface area contributed by atoms with E-state index in [2.05, 4.69) is 56.0 Å². The molecule has 3 aromatic heterocycles. The number of amides is 3. The van der Waals surface area contributed by atoms with E-state index in [1.54, 1.807) is 6.07 Å². The zero-order valence-electron chi connectivity index (χ0n) is 28.5.